The summed E-state index contributed by atoms with van der Waals surface area (Å²) in [5, 5.41) is 0. The summed E-state index contributed by atoms with van der Waals surface area (Å²) in [7, 11) is 0. The number of imidazole rings is 1. The van der Waals surface area contributed by atoms with Gasteiger partial charge in [-0.25, -0.2) is 9.37 Å². The number of halogens is 3. The first-order chi connectivity index (χ1) is 9.06. The third-order valence-corrected chi connectivity index (χ3v) is 4.07. The van der Waals surface area contributed by atoms with Crippen molar-refractivity contribution in [2.75, 3.05) is 5.73 Å². The number of anilines is 1. The lowest BCUT2D eigenvalue weighted by atomic mass is 10.2. The van der Waals surface area contributed by atoms with Gasteiger partial charge in [0.15, 0.2) is 0 Å². The van der Waals surface area contributed by atoms with E-state index in [4.69, 9.17) is 5.73 Å². The van der Waals surface area contributed by atoms with Gasteiger partial charge in [0.25, 0.3) is 0 Å². The Bertz CT molecular complexity index is 785. The van der Waals surface area contributed by atoms with Gasteiger partial charge in [0.1, 0.15) is 5.82 Å². The van der Waals surface area contributed by atoms with Crippen LogP contribution in [0, 0.1) is 9.39 Å². The Morgan fingerprint density at radius 1 is 1.26 bits per heavy atom. The van der Waals surface area contributed by atoms with Crippen molar-refractivity contribution in [2.45, 2.75) is 0 Å². The van der Waals surface area contributed by atoms with E-state index in [1.54, 1.807) is 10.6 Å². The molecule has 3 rings (SSSR count). The Labute approximate surface area is 130 Å². The molecule has 0 bridgehead atoms. The first-order valence-electron chi connectivity index (χ1n) is 5.45. The number of benzene rings is 2. The maximum absolute atomic E-state index is 13.7. The van der Waals surface area contributed by atoms with Crippen molar-refractivity contribution in [3.05, 3.63) is 50.3 Å². The molecule has 0 atom stereocenters. The van der Waals surface area contributed by atoms with E-state index in [0.29, 0.717) is 21.5 Å². The van der Waals surface area contributed by atoms with Gasteiger partial charge in [0.05, 0.1) is 21.2 Å². The van der Waals surface area contributed by atoms with Crippen molar-refractivity contribution < 1.29 is 4.39 Å². The molecule has 19 heavy (non-hydrogen) atoms. The van der Waals surface area contributed by atoms with Crippen molar-refractivity contribution in [3.8, 4) is 5.69 Å². The lowest BCUT2D eigenvalue weighted by molar-refractivity contribution is 0.622. The fourth-order valence-corrected chi connectivity index (χ4v) is 2.84. The Hall–Kier alpha value is -1.15. The van der Waals surface area contributed by atoms with Crippen LogP contribution in [0.25, 0.3) is 16.7 Å². The second kappa shape index (κ2) is 4.75. The van der Waals surface area contributed by atoms with Crippen LogP contribution in [-0.2, 0) is 0 Å². The maximum Gasteiger partial charge on any atom is 0.205 e. The molecule has 1 heterocycles. The Kier molecular flexibility index (Phi) is 3.22. The molecule has 2 aromatic carbocycles. The van der Waals surface area contributed by atoms with Gasteiger partial charge < -0.3 is 5.73 Å². The molecule has 0 aliphatic rings. The summed E-state index contributed by atoms with van der Waals surface area (Å²) in [5.41, 5.74) is 8.13. The van der Waals surface area contributed by atoms with E-state index in [-0.39, 0.29) is 5.82 Å². The number of hydrogen-bond donors (Lipinski definition) is 1. The number of nitrogens with two attached hydrogens (primary N) is 1. The molecular formula is C13H8BrFIN3. The van der Waals surface area contributed by atoms with Gasteiger partial charge in [-0.15, -0.1) is 0 Å². The average molecular weight is 432 g/mol. The first-order valence-corrected chi connectivity index (χ1v) is 7.32. The zero-order chi connectivity index (χ0) is 13.6. The summed E-state index contributed by atoms with van der Waals surface area (Å²) in [4.78, 5) is 4.26. The summed E-state index contributed by atoms with van der Waals surface area (Å²) in [6, 6.07) is 10.9. The largest absolute Gasteiger partial charge is 0.369 e. The lowest BCUT2D eigenvalue weighted by Gasteiger charge is -2.07. The van der Waals surface area contributed by atoms with Crippen molar-refractivity contribution in [3.63, 3.8) is 0 Å². The number of rotatable bonds is 1. The van der Waals surface area contributed by atoms with E-state index < -0.39 is 0 Å². The van der Waals surface area contributed by atoms with Gasteiger partial charge in [-0.2, -0.15) is 0 Å². The van der Waals surface area contributed by atoms with Crippen LogP contribution in [0.4, 0.5) is 10.3 Å². The average Bonchev–Trinajstić information content (AvgIpc) is 2.65. The topological polar surface area (TPSA) is 43.8 Å². The lowest BCUT2D eigenvalue weighted by Crippen LogP contribution is -2.00. The molecule has 1 aromatic heterocycles. The Morgan fingerprint density at radius 2 is 2.05 bits per heavy atom. The molecule has 0 spiro atoms. The molecule has 0 amide bonds. The smallest absolute Gasteiger partial charge is 0.205 e. The fourth-order valence-electron chi connectivity index (χ4n) is 1.98. The molecule has 3 nitrogen and oxygen atoms in total. The third-order valence-electron chi connectivity index (χ3n) is 2.79. The van der Waals surface area contributed by atoms with Crippen molar-refractivity contribution in [1.29, 1.82) is 0 Å². The van der Waals surface area contributed by atoms with Crippen LogP contribution in [0.1, 0.15) is 0 Å². The molecular weight excluding hydrogens is 424 g/mol. The number of fused-ring (bicyclic) bond motifs is 1. The molecule has 0 radical (unpaired) electrons. The molecule has 6 heteroatoms. The van der Waals surface area contributed by atoms with Crippen LogP contribution in [0.3, 0.4) is 0 Å². The molecule has 0 saturated carbocycles. The van der Waals surface area contributed by atoms with Crippen LogP contribution in [-0.4, -0.2) is 9.55 Å². The Balaban J connectivity index is 2.34. The normalized spacial score (nSPS) is 11.1. The predicted molar refractivity (Wildman–Crippen MR) is 85.9 cm³/mol. The summed E-state index contributed by atoms with van der Waals surface area (Å²) in [5.74, 6) is 0.00813. The molecule has 0 saturated heterocycles. The highest BCUT2D eigenvalue weighted by atomic mass is 127. The molecule has 0 unspecified atom stereocenters. The van der Waals surface area contributed by atoms with E-state index in [2.05, 4.69) is 43.5 Å². The number of nitrogens with zero attached hydrogens (tertiary/aromatic N) is 2. The highest BCUT2D eigenvalue weighted by Gasteiger charge is 2.13. The van der Waals surface area contributed by atoms with E-state index in [1.165, 1.54) is 6.07 Å². The van der Waals surface area contributed by atoms with Crippen LogP contribution in [0.15, 0.2) is 40.9 Å². The van der Waals surface area contributed by atoms with Gasteiger partial charge in [-0.3, -0.25) is 4.57 Å². The van der Waals surface area contributed by atoms with Crippen LogP contribution >= 0.6 is 38.5 Å². The van der Waals surface area contributed by atoms with Crippen molar-refractivity contribution in [2.24, 2.45) is 0 Å². The highest BCUT2D eigenvalue weighted by Crippen LogP contribution is 2.28. The van der Waals surface area contributed by atoms with Crippen molar-refractivity contribution in [1.82, 2.24) is 9.55 Å². The van der Waals surface area contributed by atoms with E-state index in [9.17, 15) is 4.39 Å². The highest BCUT2D eigenvalue weighted by molar-refractivity contribution is 14.1. The molecule has 3 aromatic rings. The second-order valence-corrected chi connectivity index (χ2v) is 6.14. The van der Waals surface area contributed by atoms with E-state index in [0.717, 1.165) is 9.26 Å². The number of aromatic nitrogens is 2. The molecule has 0 aliphatic carbocycles. The van der Waals surface area contributed by atoms with Gasteiger partial charge in [-0.05, 0) is 62.8 Å². The van der Waals surface area contributed by atoms with Crippen LogP contribution < -0.4 is 5.73 Å². The molecule has 96 valence electrons. The summed E-state index contributed by atoms with van der Waals surface area (Å²) in [6.45, 7) is 0. The monoisotopic (exact) mass is 431 g/mol. The molecule has 0 aliphatic heterocycles. The molecule has 2 N–H and O–H groups in total. The minimum atomic E-state index is -0.334. The predicted octanol–water partition coefficient (Wildman–Crippen LogP) is 4.11. The number of nitrogen functional groups attached to an aromatic ring is 1. The Morgan fingerprint density at radius 3 is 2.79 bits per heavy atom. The quantitative estimate of drug-likeness (QED) is 0.589. The van der Waals surface area contributed by atoms with Gasteiger partial charge in [0, 0.05) is 9.64 Å². The minimum Gasteiger partial charge on any atom is -0.369 e. The summed E-state index contributed by atoms with van der Waals surface area (Å²) >= 11 is 5.37. The number of hydrogen-bond acceptors (Lipinski definition) is 2. The molecule has 0 fully saturated rings. The second-order valence-electron chi connectivity index (χ2n) is 4.04. The van der Waals surface area contributed by atoms with E-state index in [1.807, 2.05) is 24.3 Å². The summed E-state index contributed by atoms with van der Waals surface area (Å²) in [6.07, 6.45) is 0. The zero-order valence-corrected chi connectivity index (χ0v) is 13.3. The third kappa shape index (κ3) is 2.23. The van der Waals surface area contributed by atoms with Gasteiger partial charge >= 0.3 is 0 Å². The van der Waals surface area contributed by atoms with Gasteiger partial charge in [0.2, 0.25) is 5.95 Å². The summed E-state index contributed by atoms with van der Waals surface area (Å²) < 4.78 is 16.9. The van der Waals surface area contributed by atoms with E-state index >= 15 is 0 Å². The minimum absolute atomic E-state index is 0.334. The van der Waals surface area contributed by atoms with Crippen molar-refractivity contribution >= 4 is 55.5 Å². The SMILES string of the molecule is Nc1nc2cc(Br)c(F)cc2n1-c1cccc(I)c1. The fraction of sp³-hybridized carbons (Fsp3) is 0. The van der Waals surface area contributed by atoms with Gasteiger partial charge in [-0.1, -0.05) is 6.07 Å². The first kappa shape index (κ1) is 12.9. The maximum atomic E-state index is 13.7. The van der Waals surface area contributed by atoms with Crippen LogP contribution in [0.5, 0.6) is 0 Å². The standard InChI is InChI=1S/C13H8BrFIN3/c14-9-5-11-12(6-10(9)15)19(13(17)18-11)8-3-1-2-7(16)4-8/h1-6H,(H2,17,18). The van der Waals surface area contributed by atoms with Crippen LogP contribution in [0.2, 0.25) is 0 Å². The zero-order valence-electron chi connectivity index (χ0n) is 9.57.